The van der Waals surface area contributed by atoms with Crippen LogP contribution < -0.4 is 5.73 Å². The molecule has 19 heavy (non-hydrogen) atoms. The number of hydrogen-bond donors (Lipinski definition) is 1. The van der Waals surface area contributed by atoms with Crippen LogP contribution in [0.1, 0.15) is 5.69 Å². The fraction of sp³-hybridized carbons (Fsp3) is 0.0909. The molecule has 1 aromatic carbocycles. The fourth-order valence-electron chi connectivity index (χ4n) is 1.29. The van der Waals surface area contributed by atoms with E-state index in [0.717, 1.165) is 27.2 Å². The van der Waals surface area contributed by atoms with Crippen molar-refractivity contribution < 1.29 is 13.2 Å². The van der Waals surface area contributed by atoms with E-state index in [1.165, 1.54) is 0 Å². The average molecular weight is 350 g/mol. The molecule has 3 nitrogen and oxygen atoms in total. The van der Waals surface area contributed by atoms with Gasteiger partial charge in [0.25, 0.3) is 0 Å². The second-order valence-electron chi connectivity index (χ2n) is 3.51. The van der Waals surface area contributed by atoms with Crippen molar-refractivity contribution in [3.05, 3.63) is 40.5 Å². The predicted octanol–water partition coefficient (Wildman–Crippen LogP) is 3.99. The number of anilines is 1. The molecule has 0 atom stereocenters. The van der Waals surface area contributed by atoms with Crippen LogP contribution in [0.25, 0.3) is 0 Å². The highest BCUT2D eigenvalue weighted by Gasteiger charge is 2.33. The number of halogens is 4. The number of hydrogen-bond acceptors (Lipinski definition) is 4. The van der Waals surface area contributed by atoms with Crippen molar-refractivity contribution >= 4 is 33.6 Å². The number of benzene rings is 1. The molecule has 0 spiro atoms. The normalized spacial score (nSPS) is 11.6. The van der Waals surface area contributed by atoms with Crippen molar-refractivity contribution in [2.24, 2.45) is 0 Å². The van der Waals surface area contributed by atoms with Gasteiger partial charge in [-0.05, 0) is 18.2 Å². The fourth-order valence-corrected chi connectivity index (χ4v) is 2.73. The van der Waals surface area contributed by atoms with Crippen LogP contribution in [0.3, 0.4) is 0 Å². The van der Waals surface area contributed by atoms with Crippen molar-refractivity contribution in [3.8, 4) is 0 Å². The first-order chi connectivity index (χ1) is 8.84. The summed E-state index contributed by atoms with van der Waals surface area (Å²) in [6, 6.07) is 8.01. The quantitative estimate of drug-likeness (QED) is 0.832. The number of nitrogens with two attached hydrogens (primary N) is 1. The Balaban J connectivity index is 2.33. The second-order valence-corrected chi connectivity index (χ2v) is 5.52. The molecule has 2 rings (SSSR count). The molecular weight excluding hydrogens is 343 g/mol. The molecule has 1 heterocycles. The number of aromatic nitrogens is 2. The van der Waals surface area contributed by atoms with Crippen molar-refractivity contribution in [3.63, 3.8) is 0 Å². The van der Waals surface area contributed by atoms with Crippen LogP contribution in [-0.4, -0.2) is 9.97 Å². The summed E-state index contributed by atoms with van der Waals surface area (Å²) in [5.41, 5.74) is 4.25. The van der Waals surface area contributed by atoms with E-state index in [9.17, 15) is 13.2 Å². The maximum Gasteiger partial charge on any atom is 0.433 e. The van der Waals surface area contributed by atoms with Gasteiger partial charge in [-0.2, -0.15) is 13.2 Å². The van der Waals surface area contributed by atoms with E-state index in [-0.39, 0.29) is 5.03 Å². The lowest BCUT2D eigenvalue weighted by atomic mass is 10.4. The third-order valence-corrected chi connectivity index (χ3v) is 3.43. The topological polar surface area (TPSA) is 51.8 Å². The second kappa shape index (κ2) is 5.38. The van der Waals surface area contributed by atoms with E-state index >= 15 is 0 Å². The first-order valence-electron chi connectivity index (χ1n) is 5.00. The lowest BCUT2D eigenvalue weighted by Crippen LogP contribution is -2.11. The lowest BCUT2D eigenvalue weighted by Gasteiger charge is -2.08. The molecule has 0 saturated carbocycles. The van der Waals surface area contributed by atoms with Gasteiger partial charge in [-0.1, -0.05) is 33.8 Å². The Morgan fingerprint density at radius 3 is 2.53 bits per heavy atom. The van der Waals surface area contributed by atoms with Gasteiger partial charge in [-0.25, -0.2) is 9.97 Å². The van der Waals surface area contributed by atoms with Gasteiger partial charge >= 0.3 is 6.18 Å². The summed E-state index contributed by atoms with van der Waals surface area (Å²) in [5, 5.41) is 0.151. The summed E-state index contributed by atoms with van der Waals surface area (Å²) >= 11 is 4.37. The van der Waals surface area contributed by atoms with Gasteiger partial charge in [0.05, 0.1) is 0 Å². The third kappa shape index (κ3) is 3.84. The Bertz CT molecular complexity index is 604. The van der Waals surface area contributed by atoms with Crippen LogP contribution in [-0.2, 0) is 6.18 Å². The molecule has 2 aromatic rings. The van der Waals surface area contributed by atoms with Gasteiger partial charge in [-0.15, -0.1) is 0 Å². The maximum absolute atomic E-state index is 12.6. The first kappa shape index (κ1) is 14.1. The van der Waals surface area contributed by atoms with Gasteiger partial charge in [0.2, 0.25) is 5.95 Å². The molecule has 100 valence electrons. The van der Waals surface area contributed by atoms with E-state index in [1.54, 1.807) is 18.2 Å². The van der Waals surface area contributed by atoms with Crippen LogP contribution in [0.2, 0.25) is 0 Å². The molecule has 0 aliphatic rings. The summed E-state index contributed by atoms with van der Waals surface area (Å²) in [5.74, 6) is -0.396. The Labute approximate surface area is 119 Å². The average Bonchev–Trinajstić information content (AvgIpc) is 2.26. The van der Waals surface area contributed by atoms with E-state index in [0.29, 0.717) is 0 Å². The number of nitrogen functional groups attached to an aromatic ring is 1. The maximum atomic E-state index is 12.6. The molecule has 0 fully saturated rings. The molecule has 0 unspecified atom stereocenters. The van der Waals surface area contributed by atoms with Crippen molar-refractivity contribution in [1.29, 1.82) is 0 Å². The number of nitrogens with zero attached hydrogens (tertiary/aromatic N) is 2. The molecule has 0 bridgehead atoms. The number of rotatable bonds is 2. The zero-order valence-corrected chi connectivity index (χ0v) is 11.7. The highest BCUT2D eigenvalue weighted by molar-refractivity contribution is 9.10. The summed E-state index contributed by atoms with van der Waals surface area (Å²) in [4.78, 5) is 7.72. The van der Waals surface area contributed by atoms with Crippen LogP contribution in [0.5, 0.6) is 0 Å². The molecule has 0 amide bonds. The van der Waals surface area contributed by atoms with Crippen molar-refractivity contribution in [2.45, 2.75) is 16.1 Å². The molecule has 8 heteroatoms. The van der Waals surface area contributed by atoms with E-state index < -0.39 is 17.8 Å². The van der Waals surface area contributed by atoms with Crippen LogP contribution >= 0.6 is 27.7 Å². The van der Waals surface area contributed by atoms with E-state index in [2.05, 4.69) is 25.9 Å². The van der Waals surface area contributed by atoms with Crippen LogP contribution in [0.15, 0.2) is 44.7 Å². The molecule has 1 aromatic heterocycles. The Hall–Kier alpha value is -1.28. The summed E-state index contributed by atoms with van der Waals surface area (Å²) in [6.07, 6.45) is -4.54. The Kier molecular flexibility index (Phi) is 4.00. The highest BCUT2D eigenvalue weighted by atomic mass is 79.9. The van der Waals surface area contributed by atoms with Gasteiger partial charge < -0.3 is 5.73 Å². The van der Waals surface area contributed by atoms with Crippen molar-refractivity contribution in [1.82, 2.24) is 9.97 Å². The Morgan fingerprint density at radius 1 is 1.16 bits per heavy atom. The minimum absolute atomic E-state index is 0.151. The minimum atomic E-state index is -4.54. The van der Waals surface area contributed by atoms with Crippen LogP contribution in [0.4, 0.5) is 19.1 Å². The largest absolute Gasteiger partial charge is 0.433 e. The van der Waals surface area contributed by atoms with Gasteiger partial charge in [-0.3, -0.25) is 0 Å². The summed E-state index contributed by atoms with van der Waals surface area (Å²) in [6.45, 7) is 0. The van der Waals surface area contributed by atoms with Crippen LogP contribution in [0, 0.1) is 0 Å². The summed E-state index contributed by atoms with van der Waals surface area (Å²) in [7, 11) is 0. The standard InChI is InChI=1S/C11H7BrF3N3S/c12-6-2-1-3-7(4-6)19-9-5-8(11(13,14)15)17-10(16)18-9/h1-5H,(H2,16,17,18). The molecule has 2 N–H and O–H groups in total. The summed E-state index contributed by atoms with van der Waals surface area (Å²) < 4.78 is 38.6. The highest BCUT2D eigenvalue weighted by Crippen LogP contribution is 2.33. The van der Waals surface area contributed by atoms with E-state index in [4.69, 9.17) is 5.73 Å². The number of alkyl halides is 3. The third-order valence-electron chi connectivity index (χ3n) is 2.03. The van der Waals surface area contributed by atoms with Gasteiger partial charge in [0, 0.05) is 15.4 Å². The van der Waals surface area contributed by atoms with Gasteiger partial charge in [0.1, 0.15) is 5.03 Å². The SMILES string of the molecule is Nc1nc(Sc2cccc(Br)c2)cc(C(F)(F)F)n1. The zero-order chi connectivity index (χ0) is 14.0. The molecular formula is C11H7BrF3N3S. The van der Waals surface area contributed by atoms with E-state index in [1.807, 2.05) is 6.07 Å². The molecule has 0 radical (unpaired) electrons. The first-order valence-corrected chi connectivity index (χ1v) is 6.61. The zero-order valence-electron chi connectivity index (χ0n) is 9.28. The minimum Gasteiger partial charge on any atom is -0.368 e. The van der Waals surface area contributed by atoms with Crippen molar-refractivity contribution in [2.75, 3.05) is 5.73 Å². The monoisotopic (exact) mass is 349 g/mol. The lowest BCUT2D eigenvalue weighted by molar-refractivity contribution is -0.141. The Morgan fingerprint density at radius 2 is 1.89 bits per heavy atom. The molecule has 0 aliphatic heterocycles. The molecule has 0 aliphatic carbocycles. The molecule has 0 saturated heterocycles. The smallest absolute Gasteiger partial charge is 0.368 e. The predicted molar refractivity (Wildman–Crippen MR) is 69.7 cm³/mol. The van der Waals surface area contributed by atoms with Gasteiger partial charge in [0.15, 0.2) is 5.69 Å².